The van der Waals surface area contributed by atoms with Crippen LogP contribution in [-0.2, 0) is 14.3 Å². The minimum atomic E-state index is -0.956. The molecular weight excluding hydrogens is 400 g/mol. The van der Waals surface area contributed by atoms with Crippen molar-refractivity contribution in [2.24, 2.45) is 0 Å². The minimum Gasteiger partial charge on any atom is -0.378 e. The number of nitrogens with one attached hydrogen (secondary N) is 2. The van der Waals surface area contributed by atoms with Crippen molar-refractivity contribution in [3.8, 4) is 0 Å². The molecule has 4 rings (SSSR count). The first-order chi connectivity index (χ1) is 14.9. The van der Waals surface area contributed by atoms with E-state index in [1.165, 1.54) is 0 Å². The van der Waals surface area contributed by atoms with Gasteiger partial charge in [-0.05, 0) is 51.4 Å². The van der Waals surface area contributed by atoms with Gasteiger partial charge >= 0.3 is 0 Å². The lowest BCUT2D eigenvalue weighted by molar-refractivity contribution is -0.136. The largest absolute Gasteiger partial charge is 0.378 e. The van der Waals surface area contributed by atoms with Gasteiger partial charge in [0.05, 0.1) is 22.9 Å². The van der Waals surface area contributed by atoms with Crippen molar-refractivity contribution in [3.63, 3.8) is 0 Å². The summed E-state index contributed by atoms with van der Waals surface area (Å²) in [7, 11) is 3.84. The van der Waals surface area contributed by atoms with Gasteiger partial charge in [-0.3, -0.25) is 29.4 Å². The Morgan fingerprint density at radius 1 is 1.19 bits per heavy atom. The molecule has 1 aliphatic carbocycles. The zero-order valence-corrected chi connectivity index (χ0v) is 17.8. The van der Waals surface area contributed by atoms with Gasteiger partial charge < -0.3 is 15.0 Å². The Bertz CT molecular complexity index is 911. The Balaban J connectivity index is 1.47. The molecular formula is C22H28N4O5. The second-order valence-electron chi connectivity index (χ2n) is 8.33. The number of anilines is 1. The molecule has 0 radical (unpaired) electrons. The molecule has 1 unspecified atom stereocenters. The fourth-order valence-electron chi connectivity index (χ4n) is 4.48. The monoisotopic (exact) mass is 428 g/mol. The fraction of sp³-hybridized carbons (Fsp3) is 0.545. The predicted molar refractivity (Wildman–Crippen MR) is 113 cm³/mol. The number of carbonyl (C=O) groups excluding carboxylic acids is 4. The van der Waals surface area contributed by atoms with Gasteiger partial charge in [-0.1, -0.05) is 6.07 Å². The molecule has 0 bridgehead atoms. The summed E-state index contributed by atoms with van der Waals surface area (Å²) in [6.45, 7) is 1.64. The summed E-state index contributed by atoms with van der Waals surface area (Å²) in [6.07, 6.45) is 3.15. The first kappa shape index (κ1) is 21.5. The lowest BCUT2D eigenvalue weighted by atomic mass is 9.87. The third-order valence-corrected chi connectivity index (χ3v) is 6.37. The van der Waals surface area contributed by atoms with Crippen LogP contribution in [0.4, 0.5) is 5.69 Å². The van der Waals surface area contributed by atoms with Crippen molar-refractivity contribution in [2.75, 3.05) is 32.1 Å². The van der Waals surface area contributed by atoms with E-state index in [-0.39, 0.29) is 30.9 Å². The highest BCUT2D eigenvalue weighted by molar-refractivity contribution is 6.25. The lowest BCUT2D eigenvalue weighted by Crippen LogP contribution is -2.54. The highest BCUT2D eigenvalue weighted by Crippen LogP contribution is 2.37. The molecule has 1 atom stereocenters. The Labute approximate surface area is 181 Å². The van der Waals surface area contributed by atoms with Crippen molar-refractivity contribution >= 4 is 29.3 Å². The molecule has 2 aliphatic heterocycles. The maximum absolute atomic E-state index is 13.2. The standard InChI is InChI=1S/C22H28N4O5/c1-23-9-4-10-31-14-11-13(12-14)25(2)16-6-3-5-15-19(16)22(30)26(21(15)29)17-7-8-18(27)24-20(17)28/h3,5-6,13-14,17,23H,4,7-12H2,1-2H3,(H,24,27,28). The molecule has 9 heteroatoms. The number of imide groups is 2. The highest BCUT2D eigenvalue weighted by atomic mass is 16.5. The number of hydrogen-bond acceptors (Lipinski definition) is 7. The summed E-state index contributed by atoms with van der Waals surface area (Å²) in [5.74, 6) is -1.94. The molecule has 1 aromatic carbocycles. The molecule has 2 heterocycles. The zero-order valence-electron chi connectivity index (χ0n) is 17.8. The van der Waals surface area contributed by atoms with Gasteiger partial charge in [-0.2, -0.15) is 0 Å². The van der Waals surface area contributed by atoms with Crippen molar-refractivity contribution in [1.82, 2.24) is 15.5 Å². The first-order valence-corrected chi connectivity index (χ1v) is 10.8. The van der Waals surface area contributed by atoms with Crippen LogP contribution in [0.2, 0.25) is 0 Å². The number of rotatable bonds is 8. The fourth-order valence-corrected chi connectivity index (χ4v) is 4.48. The van der Waals surface area contributed by atoms with Crippen molar-refractivity contribution < 1.29 is 23.9 Å². The molecule has 1 aromatic rings. The molecule has 0 spiro atoms. The van der Waals surface area contributed by atoms with Crippen molar-refractivity contribution in [1.29, 1.82) is 0 Å². The van der Waals surface area contributed by atoms with Crippen molar-refractivity contribution in [2.45, 2.75) is 50.3 Å². The van der Waals surface area contributed by atoms with Crippen LogP contribution >= 0.6 is 0 Å². The van der Waals surface area contributed by atoms with E-state index in [0.717, 1.165) is 37.3 Å². The SMILES string of the molecule is CNCCCOC1CC(N(C)c2cccc3c2C(=O)N(C2CCC(=O)NC2=O)C3=O)C1. The summed E-state index contributed by atoms with van der Waals surface area (Å²) < 4.78 is 5.88. The van der Waals surface area contributed by atoms with Gasteiger partial charge in [0.2, 0.25) is 11.8 Å². The normalized spacial score (nSPS) is 25.4. The van der Waals surface area contributed by atoms with E-state index < -0.39 is 23.8 Å². The van der Waals surface area contributed by atoms with Crippen LogP contribution in [0, 0.1) is 0 Å². The Morgan fingerprint density at radius 2 is 1.97 bits per heavy atom. The van der Waals surface area contributed by atoms with Gasteiger partial charge in [-0.15, -0.1) is 0 Å². The summed E-state index contributed by atoms with van der Waals surface area (Å²) >= 11 is 0. The van der Waals surface area contributed by atoms with Crippen LogP contribution < -0.4 is 15.5 Å². The Hall–Kier alpha value is -2.78. The maximum atomic E-state index is 13.2. The second kappa shape index (κ2) is 8.76. The van der Waals surface area contributed by atoms with Gasteiger partial charge in [0.25, 0.3) is 11.8 Å². The number of fused-ring (bicyclic) bond motifs is 1. The molecule has 1 saturated carbocycles. The van der Waals surface area contributed by atoms with E-state index in [0.29, 0.717) is 16.8 Å². The van der Waals surface area contributed by atoms with Gasteiger partial charge in [0.15, 0.2) is 0 Å². The number of ether oxygens (including phenoxy) is 1. The summed E-state index contributed by atoms with van der Waals surface area (Å²) in [6, 6.07) is 4.47. The Kier molecular flexibility index (Phi) is 6.06. The van der Waals surface area contributed by atoms with E-state index in [4.69, 9.17) is 4.74 Å². The van der Waals surface area contributed by atoms with E-state index in [1.54, 1.807) is 12.1 Å². The topological polar surface area (TPSA) is 108 Å². The molecule has 2 N–H and O–H groups in total. The second-order valence-corrected chi connectivity index (χ2v) is 8.33. The van der Waals surface area contributed by atoms with Crippen LogP contribution in [0.25, 0.3) is 0 Å². The van der Waals surface area contributed by atoms with E-state index in [1.807, 2.05) is 25.1 Å². The third-order valence-electron chi connectivity index (χ3n) is 6.37. The number of amides is 4. The van der Waals surface area contributed by atoms with Crippen LogP contribution in [0.5, 0.6) is 0 Å². The average Bonchev–Trinajstić information content (AvgIpc) is 2.97. The molecule has 3 aliphatic rings. The van der Waals surface area contributed by atoms with E-state index in [9.17, 15) is 19.2 Å². The summed E-state index contributed by atoms with van der Waals surface area (Å²) in [4.78, 5) is 53.0. The smallest absolute Gasteiger partial charge is 0.264 e. The van der Waals surface area contributed by atoms with E-state index >= 15 is 0 Å². The number of benzene rings is 1. The zero-order chi connectivity index (χ0) is 22.1. The Morgan fingerprint density at radius 3 is 2.68 bits per heavy atom. The van der Waals surface area contributed by atoms with Gasteiger partial charge in [0.1, 0.15) is 6.04 Å². The molecule has 0 aromatic heterocycles. The van der Waals surface area contributed by atoms with Crippen LogP contribution in [0.1, 0.15) is 52.8 Å². The molecule has 1 saturated heterocycles. The quantitative estimate of drug-likeness (QED) is 0.463. The summed E-state index contributed by atoms with van der Waals surface area (Å²) in [5.41, 5.74) is 1.32. The molecule has 2 fully saturated rings. The molecule has 166 valence electrons. The van der Waals surface area contributed by atoms with Gasteiger partial charge in [0, 0.05) is 26.1 Å². The number of piperidine rings is 1. The number of hydrogen-bond donors (Lipinski definition) is 2. The van der Waals surface area contributed by atoms with Crippen LogP contribution in [-0.4, -0.2) is 74.0 Å². The van der Waals surface area contributed by atoms with Crippen LogP contribution in [0.3, 0.4) is 0 Å². The molecule has 9 nitrogen and oxygen atoms in total. The molecule has 4 amide bonds. The average molecular weight is 428 g/mol. The number of carbonyl (C=O) groups is 4. The lowest BCUT2D eigenvalue weighted by Gasteiger charge is -2.42. The maximum Gasteiger partial charge on any atom is 0.264 e. The minimum absolute atomic E-state index is 0.106. The van der Waals surface area contributed by atoms with Crippen LogP contribution in [0.15, 0.2) is 18.2 Å². The highest BCUT2D eigenvalue weighted by Gasteiger charge is 2.46. The molecule has 31 heavy (non-hydrogen) atoms. The predicted octanol–water partition coefficient (Wildman–Crippen LogP) is 0.681. The number of nitrogens with zero attached hydrogens (tertiary/aromatic N) is 2. The van der Waals surface area contributed by atoms with Crippen molar-refractivity contribution in [3.05, 3.63) is 29.3 Å². The first-order valence-electron chi connectivity index (χ1n) is 10.8. The van der Waals surface area contributed by atoms with Gasteiger partial charge in [-0.25, -0.2) is 0 Å². The third kappa shape index (κ3) is 3.95. The summed E-state index contributed by atoms with van der Waals surface area (Å²) in [5, 5.41) is 5.32. The van der Waals surface area contributed by atoms with E-state index in [2.05, 4.69) is 10.6 Å².